The van der Waals surface area contributed by atoms with Crippen molar-refractivity contribution in [1.82, 2.24) is 0 Å². The van der Waals surface area contributed by atoms with E-state index in [1.54, 1.807) is 11.3 Å². The van der Waals surface area contributed by atoms with Gasteiger partial charge < -0.3 is 14.6 Å². The highest BCUT2D eigenvalue weighted by Gasteiger charge is 2.06. The van der Waals surface area contributed by atoms with Gasteiger partial charge in [0.25, 0.3) is 0 Å². The van der Waals surface area contributed by atoms with Crippen molar-refractivity contribution in [1.29, 1.82) is 0 Å². The molecule has 4 heteroatoms. The molecule has 0 atom stereocenters. The summed E-state index contributed by atoms with van der Waals surface area (Å²) >= 11 is 1.69. The van der Waals surface area contributed by atoms with Gasteiger partial charge in [-0.05, 0) is 47.0 Å². The summed E-state index contributed by atoms with van der Waals surface area (Å²) in [6.07, 6.45) is 0.886. The molecule has 2 rings (SSSR count). The molecule has 0 unspecified atom stereocenters. The van der Waals surface area contributed by atoms with E-state index in [0.29, 0.717) is 19.0 Å². The molecule has 0 amide bonds. The van der Waals surface area contributed by atoms with E-state index in [0.717, 1.165) is 17.7 Å². The zero-order chi connectivity index (χ0) is 13.5. The van der Waals surface area contributed by atoms with Crippen LogP contribution in [0.25, 0.3) is 0 Å². The summed E-state index contributed by atoms with van der Waals surface area (Å²) in [6.45, 7) is 3.14. The molecule has 0 fully saturated rings. The first-order valence-corrected chi connectivity index (χ1v) is 7.28. The predicted molar refractivity (Wildman–Crippen MR) is 77.1 cm³/mol. The summed E-state index contributed by atoms with van der Waals surface area (Å²) in [7, 11) is 0. The maximum Gasteiger partial charge on any atom is 0.161 e. The van der Waals surface area contributed by atoms with E-state index in [9.17, 15) is 0 Å². The first-order chi connectivity index (χ1) is 9.33. The Balaban J connectivity index is 1.98. The van der Waals surface area contributed by atoms with E-state index in [-0.39, 0.29) is 6.61 Å². The third kappa shape index (κ3) is 3.98. The van der Waals surface area contributed by atoms with E-state index < -0.39 is 0 Å². The molecule has 3 nitrogen and oxygen atoms in total. The molecule has 1 aromatic carbocycles. The lowest BCUT2D eigenvalue weighted by Gasteiger charge is -2.12. The highest BCUT2D eigenvalue weighted by atomic mass is 32.1. The third-order valence-corrected chi connectivity index (χ3v) is 3.45. The summed E-state index contributed by atoms with van der Waals surface area (Å²) in [5.41, 5.74) is 2.11. The van der Waals surface area contributed by atoms with Gasteiger partial charge in [-0.15, -0.1) is 0 Å². The normalized spacial score (nSPS) is 10.4. The molecule has 0 aliphatic rings. The van der Waals surface area contributed by atoms with E-state index in [4.69, 9.17) is 14.6 Å². The average molecular weight is 278 g/mol. The minimum atomic E-state index is 0.00918. The van der Waals surface area contributed by atoms with Gasteiger partial charge in [0.05, 0.1) is 19.8 Å². The smallest absolute Gasteiger partial charge is 0.161 e. The molecule has 0 radical (unpaired) electrons. The van der Waals surface area contributed by atoms with Crippen LogP contribution >= 0.6 is 11.3 Å². The van der Waals surface area contributed by atoms with Crippen LogP contribution in [-0.2, 0) is 13.0 Å². The molecule has 1 N–H and O–H groups in total. The molecule has 0 saturated carbocycles. The van der Waals surface area contributed by atoms with Crippen molar-refractivity contribution < 1.29 is 14.6 Å². The number of thiophene rings is 1. The van der Waals surface area contributed by atoms with Crippen molar-refractivity contribution in [2.24, 2.45) is 0 Å². The lowest BCUT2D eigenvalue weighted by molar-refractivity contribution is 0.270. The van der Waals surface area contributed by atoms with Gasteiger partial charge in [-0.3, -0.25) is 0 Å². The summed E-state index contributed by atoms with van der Waals surface area (Å²) in [4.78, 5) is 0. The maximum absolute atomic E-state index is 9.13. The van der Waals surface area contributed by atoms with Crippen molar-refractivity contribution in [3.05, 3.63) is 46.2 Å². The zero-order valence-electron chi connectivity index (χ0n) is 11.0. The molecule has 1 heterocycles. The monoisotopic (exact) mass is 278 g/mol. The quantitative estimate of drug-likeness (QED) is 0.845. The standard InChI is InChI=1S/C15H18O3S/c1-2-17-15-9-13(10-16)3-4-14(15)18-7-5-12-6-8-19-11-12/h3-4,6,8-9,11,16H,2,5,7,10H2,1H3. The van der Waals surface area contributed by atoms with E-state index in [1.807, 2.05) is 25.1 Å². The topological polar surface area (TPSA) is 38.7 Å². The Morgan fingerprint density at radius 1 is 1.11 bits per heavy atom. The van der Waals surface area contributed by atoms with Gasteiger partial charge >= 0.3 is 0 Å². The number of hydrogen-bond donors (Lipinski definition) is 1. The molecular weight excluding hydrogens is 260 g/mol. The van der Waals surface area contributed by atoms with Gasteiger partial charge in [0.1, 0.15) is 0 Å². The number of aliphatic hydroxyl groups excluding tert-OH is 1. The van der Waals surface area contributed by atoms with Crippen LogP contribution in [0.15, 0.2) is 35.0 Å². The Kier molecular flexibility index (Phi) is 5.24. The van der Waals surface area contributed by atoms with Crippen LogP contribution in [0.1, 0.15) is 18.1 Å². The van der Waals surface area contributed by atoms with Crippen LogP contribution in [0.5, 0.6) is 11.5 Å². The van der Waals surface area contributed by atoms with Crippen LogP contribution < -0.4 is 9.47 Å². The number of hydrogen-bond acceptors (Lipinski definition) is 4. The van der Waals surface area contributed by atoms with Gasteiger partial charge in [0, 0.05) is 6.42 Å². The van der Waals surface area contributed by atoms with Crippen molar-refractivity contribution in [2.75, 3.05) is 13.2 Å². The second kappa shape index (κ2) is 7.16. The molecule has 102 valence electrons. The van der Waals surface area contributed by atoms with Gasteiger partial charge in [-0.2, -0.15) is 11.3 Å². The Morgan fingerprint density at radius 2 is 2.00 bits per heavy atom. The van der Waals surface area contributed by atoms with E-state index >= 15 is 0 Å². The molecule has 0 aliphatic heterocycles. The minimum absolute atomic E-state index is 0.00918. The highest BCUT2D eigenvalue weighted by Crippen LogP contribution is 2.28. The van der Waals surface area contributed by atoms with Crippen LogP contribution in [-0.4, -0.2) is 18.3 Å². The van der Waals surface area contributed by atoms with Crippen LogP contribution in [0.2, 0.25) is 0 Å². The Labute approximate surface area is 117 Å². The Hall–Kier alpha value is -1.52. The van der Waals surface area contributed by atoms with Crippen LogP contribution in [0.3, 0.4) is 0 Å². The SMILES string of the molecule is CCOc1cc(CO)ccc1OCCc1ccsc1. The summed E-state index contributed by atoms with van der Waals surface area (Å²) in [6, 6.07) is 7.63. The first kappa shape index (κ1) is 13.9. The predicted octanol–water partition coefficient (Wildman–Crippen LogP) is 3.26. The van der Waals surface area contributed by atoms with Crippen LogP contribution in [0.4, 0.5) is 0 Å². The van der Waals surface area contributed by atoms with Crippen LogP contribution in [0, 0.1) is 0 Å². The fraction of sp³-hybridized carbons (Fsp3) is 0.333. The lowest BCUT2D eigenvalue weighted by Crippen LogP contribution is -2.03. The molecule has 0 aliphatic carbocycles. The van der Waals surface area contributed by atoms with Crippen molar-refractivity contribution in [3.63, 3.8) is 0 Å². The maximum atomic E-state index is 9.13. The highest BCUT2D eigenvalue weighted by molar-refractivity contribution is 7.07. The fourth-order valence-corrected chi connectivity index (χ4v) is 2.46. The van der Waals surface area contributed by atoms with Gasteiger partial charge in [-0.25, -0.2) is 0 Å². The Bertz CT molecular complexity index is 494. The molecule has 2 aromatic rings. The first-order valence-electron chi connectivity index (χ1n) is 6.34. The fourth-order valence-electron chi connectivity index (χ4n) is 1.75. The average Bonchev–Trinajstić information content (AvgIpc) is 2.94. The third-order valence-electron chi connectivity index (χ3n) is 2.72. The van der Waals surface area contributed by atoms with Gasteiger partial charge in [0.2, 0.25) is 0 Å². The molecule has 0 spiro atoms. The summed E-state index contributed by atoms with van der Waals surface area (Å²) in [5.74, 6) is 1.42. The number of aliphatic hydroxyl groups is 1. The van der Waals surface area contributed by atoms with E-state index in [2.05, 4.69) is 16.8 Å². The Morgan fingerprint density at radius 3 is 2.68 bits per heavy atom. The second-order valence-corrected chi connectivity index (χ2v) is 4.88. The largest absolute Gasteiger partial charge is 0.490 e. The van der Waals surface area contributed by atoms with E-state index in [1.165, 1.54) is 5.56 Å². The molecule has 0 saturated heterocycles. The van der Waals surface area contributed by atoms with Gasteiger partial charge in [0.15, 0.2) is 11.5 Å². The van der Waals surface area contributed by atoms with Crippen molar-refractivity contribution in [2.45, 2.75) is 20.0 Å². The second-order valence-electron chi connectivity index (χ2n) is 4.10. The lowest BCUT2D eigenvalue weighted by atomic mass is 10.2. The minimum Gasteiger partial charge on any atom is -0.490 e. The molecular formula is C15H18O3S. The van der Waals surface area contributed by atoms with Crippen molar-refractivity contribution >= 4 is 11.3 Å². The summed E-state index contributed by atoms with van der Waals surface area (Å²) in [5, 5.41) is 13.3. The number of rotatable bonds is 7. The number of ether oxygens (including phenoxy) is 2. The van der Waals surface area contributed by atoms with Crippen molar-refractivity contribution in [3.8, 4) is 11.5 Å². The van der Waals surface area contributed by atoms with Gasteiger partial charge in [-0.1, -0.05) is 6.07 Å². The number of benzene rings is 1. The summed E-state index contributed by atoms with van der Waals surface area (Å²) < 4.78 is 11.3. The molecule has 0 bridgehead atoms. The molecule has 1 aromatic heterocycles. The zero-order valence-corrected chi connectivity index (χ0v) is 11.8. The molecule has 19 heavy (non-hydrogen) atoms.